The van der Waals surface area contributed by atoms with Gasteiger partial charge >= 0.3 is 5.97 Å². The Morgan fingerprint density at radius 2 is 1.52 bits per heavy atom. The number of carbonyl (C=O) groups excluding carboxylic acids is 1. The summed E-state index contributed by atoms with van der Waals surface area (Å²) in [5, 5.41) is 8.97. The normalized spacial score (nSPS) is 12.4. The molecule has 0 radical (unpaired) electrons. The number of ether oxygens (including phenoxy) is 1. The Balaban J connectivity index is 1.37. The van der Waals surface area contributed by atoms with Crippen LogP contribution in [-0.2, 0) is 4.79 Å². The maximum absolute atomic E-state index is 14.9. The van der Waals surface area contributed by atoms with Crippen molar-refractivity contribution in [3.8, 4) is 34.1 Å². The van der Waals surface area contributed by atoms with Crippen molar-refractivity contribution >= 4 is 5.97 Å². The van der Waals surface area contributed by atoms with Crippen LogP contribution in [0.4, 0.5) is 4.39 Å². The Kier molecular flexibility index (Phi) is 13.8. The number of benzene rings is 3. The summed E-state index contributed by atoms with van der Waals surface area (Å²) in [4.78, 5) is 12.4. The van der Waals surface area contributed by atoms with Crippen molar-refractivity contribution in [3.63, 3.8) is 0 Å². The second-order valence-electron chi connectivity index (χ2n) is 11.9. The topological polar surface area (TPSA) is 50.1 Å². The van der Waals surface area contributed by atoms with Crippen LogP contribution in [0.15, 0.2) is 103 Å². The van der Waals surface area contributed by atoms with Gasteiger partial charge < -0.3 is 4.74 Å². The molecule has 0 aliphatic carbocycles. The molecule has 2 atom stereocenters. The molecule has 230 valence electrons. The minimum Gasteiger partial charge on any atom is -0.427 e. The maximum Gasteiger partial charge on any atom is 0.311 e. The molecule has 0 spiro atoms. The highest BCUT2D eigenvalue weighted by molar-refractivity contribution is 5.74. The first-order chi connectivity index (χ1) is 21.2. The molecule has 0 saturated heterocycles. The van der Waals surface area contributed by atoms with E-state index in [1.807, 2.05) is 18.2 Å². The first kappa shape index (κ1) is 34.3. The number of nitriles is 1. The molecule has 44 heavy (non-hydrogen) atoms. The van der Waals surface area contributed by atoms with E-state index < -0.39 is 0 Å². The lowest BCUT2D eigenvalue weighted by molar-refractivity contribution is -0.134. The van der Waals surface area contributed by atoms with Crippen LogP contribution in [0.1, 0.15) is 84.1 Å². The monoisotopic (exact) mass is 591 g/mol. The standard InChI is InChI=1S/C40H46FNO2/c1-6-10-29(2)13-15-31(4)32(5)16-14-30(3)11-8-7-9-12-40(43)44-37-24-21-34(22-25-37)36-23-26-38(39(41)27-36)35-19-17-33(28-42)18-20-35/h14,16-27,29,31H,3,5-13,15H2,1-2,4H3/b16-14-. The quantitative estimate of drug-likeness (QED) is 0.0679. The molecular formula is C40H46FNO2. The predicted molar refractivity (Wildman–Crippen MR) is 181 cm³/mol. The molecule has 0 fully saturated rings. The van der Waals surface area contributed by atoms with Crippen molar-refractivity contribution in [2.24, 2.45) is 11.8 Å². The summed E-state index contributed by atoms with van der Waals surface area (Å²) in [6.07, 6.45) is 13.1. The van der Waals surface area contributed by atoms with Gasteiger partial charge in [0.2, 0.25) is 0 Å². The van der Waals surface area contributed by atoms with Crippen LogP contribution >= 0.6 is 0 Å². The van der Waals surface area contributed by atoms with Crippen molar-refractivity contribution < 1.29 is 13.9 Å². The number of rotatable bonds is 17. The van der Waals surface area contributed by atoms with Crippen LogP contribution in [0, 0.1) is 29.0 Å². The van der Waals surface area contributed by atoms with E-state index in [-0.39, 0.29) is 11.8 Å². The number of unbranched alkanes of at least 4 members (excludes halogenated alkanes) is 2. The highest BCUT2D eigenvalue weighted by Crippen LogP contribution is 2.29. The molecule has 3 rings (SSSR count). The van der Waals surface area contributed by atoms with E-state index in [0.717, 1.165) is 53.9 Å². The number of hydrogen-bond donors (Lipinski definition) is 0. The van der Waals surface area contributed by atoms with E-state index >= 15 is 0 Å². The van der Waals surface area contributed by atoms with E-state index in [9.17, 15) is 9.18 Å². The van der Waals surface area contributed by atoms with Crippen molar-refractivity contribution in [1.82, 2.24) is 0 Å². The minimum atomic E-state index is -0.342. The maximum atomic E-state index is 14.9. The van der Waals surface area contributed by atoms with Gasteiger partial charge in [-0.15, -0.1) is 0 Å². The number of halogens is 1. The fraction of sp³-hybridized carbons (Fsp3) is 0.350. The second kappa shape index (κ2) is 17.8. The zero-order valence-electron chi connectivity index (χ0n) is 26.6. The van der Waals surface area contributed by atoms with Crippen LogP contribution in [0.25, 0.3) is 22.3 Å². The zero-order chi connectivity index (χ0) is 31.9. The van der Waals surface area contributed by atoms with E-state index in [4.69, 9.17) is 10.00 Å². The predicted octanol–water partition coefficient (Wildman–Crippen LogP) is 11.4. The first-order valence-electron chi connectivity index (χ1n) is 15.9. The fourth-order valence-corrected chi connectivity index (χ4v) is 5.18. The lowest BCUT2D eigenvalue weighted by Crippen LogP contribution is -2.07. The van der Waals surface area contributed by atoms with Crippen LogP contribution in [0.2, 0.25) is 0 Å². The summed E-state index contributed by atoms with van der Waals surface area (Å²) in [6, 6.07) is 21.1. The fourth-order valence-electron chi connectivity index (χ4n) is 5.18. The SMILES string of the molecule is C=C(/C=C\C(=C)C(C)CCC(C)CCC)CCCCCC(=O)Oc1ccc(-c2ccc(-c3ccc(C#N)cc3)c(F)c2)cc1. The van der Waals surface area contributed by atoms with Gasteiger partial charge in [-0.2, -0.15) is 5.26 Å². The third kappa shape index (κ3) is 11.1. The Bertz CT molecular complexity index is 1460. The van der Waals surface area contributed by atoms with Crippen LogP contribution in [0.3, 0.4) is 0 Å². The summed E-state index contributed by atoms with van der Waals surface area (Å²) in [6.45, 7) is 15.3. The third-order valence-corrected chi connectivity index (χ3v) is 8.13. The Labute approximate surface area is 263 Å². The van der Waals surface area contributed by atoms with Crippen LogP contribution < -0.4 is 4.74 Å². The van der Waals surface area contributed by atoms with Crippen LogP contribution in [0.5, 0.6) is 5.75 Å². The molecule has 3 aromatic rings. The Hall–Kier alpha value is -4.23. The zero-order valence-corrected chi connectivity index (χ0v) is 26.6. The number of carbonyl (C=O) groups is 1. The Morgan fingerprint density at radius 3 is 2.18 bits per heavy atom. The molecule has 0 amide bonds. The summed E-state index contributed by atoms with van der Waals surface area (Å²) < 4.78 is 20.4. The molecule has 0 heterocycles. The lowest BCUT2D eigenvalue weighted by atomic mass is 9.90. The van der Waals surface area contributed by atoms with E-state index in [1.165, 1.54) is 31.7 Å². The highest BCUT2D eigenvalue weighted by Gasteiger charge is 2.10. The molecule has 0 aliphatic heterocycles. The molecule has 4 heteroatoms. The van der Waals surface area contributed by atoms with E-state index in [1.54, 1.807) is 42.5 Å². The molecule has 3 nitrogen and oxygen atoms in total. The van der Waals surface area contributed by atoms with Crippen molar-refractivity contribution in [2.45, 2.75) is 78.6 Å². The number of nitrogens with zero attached hydrogens (tertiary/aromatic N) is 1. The van der Waals surface area contributed by atoms with Gasteiger partial charge in [-0.05, 0) is 84.5 Å². The number of hydrogen-bond acceptors (Lipinski definition) is 3. The number of allylic oxidation sites excluding steroid dienone is 4. The van der Waals surface area contributed by atoms with E-state index in [2.05, 4.69) is 52.2 Å². The van der Waals surface area contributed by atoms with Crippen molar-refractivity contribution in [2.75, 3.05) is 0 Å². The lowest BCUT2D eigenvalue weighted by Gasteiger charge is -2.15. The second-order valence-corrected chi connectivity index (χ2v) is 11.9. The average molecular weight is 592 g/mol. The van der Waals surface area contributed by atoms with Gasteiger partial charge in [0, 0.05) is 12.0 Å². The summed E-state index contributed by atoms with van der Waals surface area (Å²) >= 11 is 0. The van der Waals surface area contributed by atoms with E-state index in [0.29, 0.717) is 34.8 Å². The Morgan fingerprint density at radius 1 is 0.864 bits per heavy atom. The van der Waals surface area contributed by atoms with Gasteiger partial charge in [-0.1, -0.05) is 119 Å². The first-order valence-corrected chi connectivity index (χ1v) is 15.9. The average Bonchev–Trinajstić information content (AvgIpc) is 3.02. The van der Waals surface area contributed by atoms with Gasteiger partial charge in [0.1, 0.15) is 11.6 Å². The molecule has 0 N–H and O–H groups in total. The molecule has 0 aromatic heterocycles. The molecule has 0 bridgehead atoms. The van der Waals surface area contributed by atoms with Gasteiger partial charge in [0.25, 0.3) is 0 Å². The molecule has 2 unspecified atom stereocenters. The van der Waals surface area contributed by atoms with Crippen molar-refractivity contribution in [3.05, 3.63) is 115 Å². The summed E-state index contributed by atoms with van der Waals surface area (Å²) in [5.41, 5.74) is 5.52. The van der Waals surface area contributed by atoms with Gasteiger partial charge in [0.15, 0.2) is 0 Å². The minimum absolute atomic E-state index is 0.257. The molecule has 3 aromatic carbocycles. The largest absolute Gasteiger partial charge is 0.427 e. The van der Waals surface area contributed by atoms with Crippen molar-refractivity contribution in [1.29, 1.82) is 5.26 Å². The molecule has 0 saturated carbocycles. The van der Waals surface area contributed by atoms with Gasteiger partial charge in [0.05, 0.1) is 11.6 Å². The number of esters is 1. The summed E-state index contributed by atoms with van der Waals surface area (Å²) in [7, 11) is 0. The molecular weight excluding hydrogens is 545 g/mol. The summed E-state index contributed by atoms with van der Waals surface area (Å²) in [5.74, 6) is 1.13. The van der Waals surface area contributed by atoms with Crippen LogP contribution in [-0.4, -0.2) is 5.97 Å². The van der Waals surface area contributed by atoms with Gasteiger partial charge in [-0.3, -0.25) is 4.79 Å². The molecule has 0 aliphatic rings. The third-order valence-electron chi connectivity index (χ3n) is 8.13. The smallest absolute Gasteiger partial charge is 0.311 e. The highest BCUT2D eigenvalue weighted by atomic mass is 19.1. The van der Waals surface area contributed by atoms with Gasteiger partial charge in [-0.25, -0.2) is 4.39 Å².